The highest BCUT2D eigenvalue weighted by Crippen LogP contribution is 2.33. The van der Waals surface area contributed by atoms with Crippen molar-refractivity contribution in [3.8, 4) is 5.75 Å². The topological polar surface area (TPSA) is 34.5 Å². The number of benzene rings is 2. The summed E-state index contributed by atoms with van der Waals surface area (Å²) in [6, 6.07) is 16.2. The van der Waals surface area contributed by atoms with Crippen molar-refractivity contribution in [2.24, 2.45) is 0 Å². The van der Waals surface area contributed by atoms with E-state index in [1.54, 1.807) is 7.05 Å². The van der Waals surface area contributed by atoms with Crippen LogP contribution >= 0.6 is 24.0 Å². The van der Waals surface area contributed by atoms with E-state index in [9.17, 15) is 4.79 Å². The molecule has 0 unspecified atom stereocenters. The van der Waals surface area contributed by atoms with Gasteiger partial charge >= 0.3 is 0 Å². The molecule has 4 rings (SSSR count). The summed E-state index contributed by atoms with van der Waals surface area (Å²) in [4.78, 5) is 14.5. The van der Waals surface area contributed by atoms with Gasteiger partial charge in [-0.25, -0.2) is 0 Å². The van der Waals surface area contributed by atoms with Gasteiger partial charge in [0.1, 0.15) is 16.7 Å². The van der Waals surface area contributed by atoms with Crippen molar-refractivity contribution in [1.29, 1.82) is 0 Å². The molecule has 28 heavy (non-hydrogen) atoms. The zero-order valence-electron chi connectivity index (χ0n) is 15.7. The summed E-state index contributed by atoms with van der Waals surface area (Å²) in [6.45, 7) is 3.33. The van der Waals surface area contributed by atoms with Crippen LogP contribution in [0.2, 0.25) is 0 Å². The molecule has 0 bridgehead atoms. The molecule has 0 saturated carbocycles. The maximum atomic E-state index is 12.3. The molecule has 0 aliphatic carbocycles. The number of aromatic nitrogens is 1. The lowest BCUT2D eigenvalue weighted by molar-refractivity contribution is -0.121. The van der Waals surface area contributed by atoms with E-state index in [-0.39, 0.29) is 5.91 Å². The third kappa shape index (κ3) is 3.57. The number of likely N-dealkylation sites (N-methyl/N-ethyl adjacent to an activating group) is 1. The number of ether oxygens (including phenoxy) is 1. The lowest BCUT2D eigenvalue weighted by atomic mass is 10.1. The molecule has 1 aromatic heterocycles. The van der Waals surface area contributed by atoms with Gasteiger partial charge in [0.05, 0.1) is 11.4 Å². The van der Waals surface area contributed by atoms with Crippen LogP contribution in [0.1, 0.15) is 11.1 Å². The van der Waals surface area contributed by atoms with E-state index < -0.39 is 0 Å². The van der Waals surface area contributed by atoms with Crippen LogP contribution in [-0.2, 0) is 11.3 Å². The number of aryl methyl sites for hydroxylation is 1. The molecule has 0 atom stereocenters. The zero-order chi connectivity index (χ0) is 19.7. The monoisotopic (exact) mass is 408 g/mol. The van der Waals surface area contributed by atoms with E-state index in [4.69, 9.17) is 17.0 Å². The molecule has 6 heteroatoms. The van der Waals surface area contributed by atoms with Gasteiger partial charge in [0.25, 0.3) is 5.91 Å². The average molecular weight is 409 g/mol. The minimum Gasteiger partial charge on any atom is -0.491 e. The zero-order valence-corrected chi connectivity index (χ0v) is 17.3. The molecule has 1 aliphatic heterocycles. The average Bonchev–Trinajstić information content (AvgIpc) is 3.16. The quantitative estimate of drug-likeness (QED) is 0.446. The Morgan fingerprint density at radius 1 is 1.14 bits per heavy atom. The van der Waals surface area contributed by atoms with Gasteiger partial charge in [0.15, 0.2) is 0 Å². The van der Waals surface area contributed by atoms with Gasteiger partial charge in [-0.15, -0.1) is 0 Å². The Bertz CT molecular complexity index is 1100. The molecule has 4 nitrogen and oxygen atoms in total. The molecule has 0 N–H and O–H groups in total. The number of nitrogens with zero attached hydrogens (tertiary/aromatic N) is 2. The number of hydrogen-bond acceptors (Lipinski definition) is 4. The fourth-order valence-electron chi connectivity index (χ4n) is 3.23. The number of para-hydroxylation sites is 2. The molecule has 1 saturated heterocycles. The Hall–Kier alpha value is -2.57. The smallest absolute Gasteiger partial charge is 0.265 e. The molecule has 142 valence electrons. The van der Waals surface area contributed by atoms with Gasteiger partial charge in [-0.3, -0.25) is 9.69 Å². The second-order valence-electron chi connectivity index (χ2n) is 6.65. The molecule has 1 aliphatic rings. The normalized spacial score (nSPS) is 15.8. The minimum absolute atomic E-state index is 0.0466. The van der Waals surface area contributed by atoms with Crippen molar-refractivity contribution in [2.45, 2.75) is 13.5 Å². The Labute approximate surface area is 173 Å². The molecule has 0 radical (unpaired) electrons. The van der Waals surface area contributed by atoms with E-state index in [0.717, 1.165) is 34.3 Å². The van der Waals surface area contributed by atoms with Crippen LogP contribution < -0.4 is 4.74 Å². The van der Waals surface area contributed by atoms with Crippen LogP contribution in [0.3, 0.4) is 0 Å². The first-order chi connectivity index (χ1) is 13.5. The molecule has 3 aromatic rings. The van der Waals surface area contributed by atoms with Gasteiger partial charge in [0.2, 0.25) is 0 Å². The van der Waals surface area contributed by atoms with Crippen molar-refractivity contribution < 1.29 is 9.53 Å². The first-order valence-electron chi connectivity index (χ1n) is 9.02. The third-order valence-electron chi connectivity index (χ3n) is 4.78. The number of carbonyl (C=O) groups excluding carboxylic acids is 1. The van der Waals surface area contributed by atoms with Gasteiger partial charge in [0, 0.05) is 29.7 Å². The highest BCUT2D eigenvalue weighted by Gasteiger charge is 2.29. The largest absolute Gasteiger partial charge is 0.491 e. The van der Waals surface area contributed by atoms with E-state index in [0.29, 0.717) is 15.8 Å². The molecular weight excluding hydrogens is 388 g/mol. The lowest BCUT2D eigenvalue weighted by Crippen LogP contribution is -2.22. The Morgan fingerprint density at radius 2 is 1.89 bits per heavy atom. The number of thioether (sulfide) groups is 1. The molecule has 2 aromatic carbocycles. The fourth-order valence-corrected chi connectivity index (χ4v) is 4.40. The predicted octanol–water partition coefficient (Wildman–Crippen LogP) is 4.86. The van der Waals surface area contributed by atoms with Crippen LogP contribution in [-0.4, -0.2) is 33.3 Å². The van der Waals surface area contributed by atoms with Gasteiger partial charge in [-0.05, 0) is 30.7 Å². The summed E-state index contributed by atoms with van der Waals surface area (Å²) >= 11 is 6.58. The highest BCUT2D eigenvalue weighted by molar-refractivity contribution is 8.26. The summed E-state index contributed by atoms with van der Waals surface area (Å²) in [5.74, 6) is 0.862. The number of fused-ring (bicyclic) bond motifs is 1. The maximum absolute atomic E-state index is 12.3. The molecule has 2 heterocycles. The van der Waals surface area contributed by atoms with Gasteiger partial charge < -0.3 is 9.30 Å². The summed E-state index contributed by atoms with van der Waals surface area (Å²) in [6.07, 6.45) is 4.01. The molecule has 0 spiro atoms. The Balaban J connectivity index is 1.59. The second-order valence-corrected chi connectivity index (χ2v) is 8.33. The van der Waals surface area contributed by atoms with Crippen molar-refractivity contribution >= 4 is 51.2 Å². The Morgan fingerprint density at radius 3 is 2.64 bits per heavy atom. The van der Waals surface area contributed by atoms with Gasteiger partial charge in [-0.2, -0.15) is 0 Å². The second kappa shape index (κ2) is 7.81. The first kappa shape index (κ1) is 18.8. The molecular formula is C22H20N2O2S2. The summed E-state index contributed by atoms with van der Waals surface area (Å²) in [5.41, 5.74) is 3.26. The molecule has 1 amide bonds. The van der Waals surface area contributed by atoms with E-state index >= 15 is 0 Å². The number of carbonyl (C=O) groups is 1. The number of amides is 1. The number of rotatable bonds is 5. The van der Waals surface area contributed by atoms with Crippen molar-refractivity contribution in [3.05, 3.63) is 70.8 Å². The summed E-state index contributed by atoms with van der Waals surface area (Å²) in [5, 5.41) is 1.11. The highest BCUT2D eigenvalue weighted by atomic mass is 32.2. The van der Waals surface area contributed by atoms with Crippen LogP contribution in [0.25, 0.3) is 17.0 Å². The van der Waals surface area contributed by atoms with Crippen molar-refractivity contribution in [1.82, 2.24) is 9.47 Å². The van der Waals surface area contributed by atoms with E-state index in [2.05, 4.69) is 22.9 Å². The van der Waals surface area contributed by atoms with Crippen LogP contribution in [0.5, 0.6) is 5.75 Å². The van der Waals surface area contributed by atoms with Crippen molar-refractivity contribution in [2.75, 3.05) is 13.7 Å². The van der Waals surface area contributed by atoms with Gasteiger partial charge in [-0.1, -0.05) is 60.4 Å². The summed E-state index contributed by atoms with van der Waals surface area (Å²) < 4.78 is 8.72. The van der Waals surface area contributed by atoms with Crippen molar-refractivity contribution in [3.63, 3.8) is 0 Å². The minimum atomic E-state index is -0.0466. The van der Waals surface area contributed by atoms with Crippen LogP contribution in [0.15, 0.2) is 59.6 Å². The maximum Gasteiger partial charge on any atom is 0.265 e. The first-order valence-corrected chi connectivity index (χ1v) is 10.2. The van der Waals surface area contributed by atoms with E-state index in [1.807, 2.05) is 49.4 Å². The number of hydrogen-bond donors (Lipinski definition) is 0. The third-order valence-corrected chi connectivity index (χ3v) is 6.26. The van der Waals surface area contributed by atoms with E-state index in [1.165, 1.54) is 16.7 Å². The predicted molar refractivity (Wildman–Crippen MR) is 120 cm³/mol. The van der Waals surface area contributed by atoms with Crippen LogP contribution in [0, 0.1) is 6.92 Å². The number of thiocarbonyl (C=S) groups is 1. The summed E-state index contributed by atoms with van der Waals surface area (Å²) in [7, 11) is 1.71. The standard InChI is InChI=1S/C22H20N2O2S2/c1-15-7-3-6-10-19(15)26-12-11-24-14-16(17-8-4-5-9-18(17)24)13-20-21(25)23(2)22(27)28-20/h3-10,13-14H,11-12H2,1-2H3/b20-13-. The van der Waals surface area contributed by atoms with Crippen LogP contribution in [0.4, 0.5) is 0 Å². The fraction of sp³-hybridized carbons (Fsp3) is 0.182. The Kier molecular flexibility index (Phi) is 5.24. The lowest BCUT2D eigenvalue weighted by Gasteiger charge is -2.10. The SMILES string of the molecule is Cc1ccccc1OCCn1cc(/C=C2\SC(=S)N(C)C2=O)c2ccccc21. The molecule has 1 fully saturated rings.